The van der Waals surface area contributed by atoms with E-state index in [0.717, 1.165) is 23.1 Å². The smallest absolute Gasteiger partial charge is 0.341 e. The van der Waals surface area contributed by atoms with E-state index in [0.29, 0.717) is 10.6 Å². The van der Waals surface area contributed by atoms with Crippen molar-refractivity contribution in [1.29, 1.82) is 0 Å². The van der Waals surface area contributed by atoms with Crippen LogP contribution in [0.1, 0.15) is 35.3 Å². The van der Waals surface area contributed by atoms with Crippen molar-refractivity contribution in [1.82, 2.24) is 20.7 Å². The van der Waals surface area contributed by atoms with Crippen LogP contribution in [-0.2, 0) is 13.0 Å². The molecule has 0 aliphatic rings. The molecule has 0 radical (unpaired) electrons. The number of hydroxylamine groups is 2. The van der Waals surface area contributed by atoms with Gasteiger partial charge in [-0.1, -0.05) is 49.4 Å². The number of urea groups is 1. The Morgan fingerprint density at radius 3 is 2.21 bits per heavy atom. The number of aliphatic hydroxyl groups excluding tert-OH is 1. The molecule has 2 atom stereocenters. The van der Waals surface area contributed by atoms with E-state index in [4.69, 9.17) is 0 Å². The highest BCUT2D eigenvalue weighted by Crippen LogP contribution is 2.20. The number of hydrogen-bond donors (Lipinski definition) is 4. The summed E-state index contributed by atoms with van der Waals surface area (Å²) >= 11 is 0. The van der Waals surface area contributed by atoms with Gasteiger partial charge in [-0.3, -0.25) is 15.0 Å². The van der Waals surface area contributed by atoms with Crippen molar-refractivity contribution in [2.75, 3.05) is 6.54 Å². The number of carbonyl (C=O) groups excluding carboxylic acids is 2. The van der Waals surface area contributed by atoms with Gasteiger partial charge in [-0.15, -0.1) is 0 Å². The molecule has 0 saturated carbocycles. The highest BCUT2D eigenvalue weighted by molar-refractivity contribution is 5.95. The Morgan fingerprint density at radius 2 is 1.65 bits per heavy atom. The van der Waals surface area contributed by atoms with Crippen LogP contribution in [0.25, 0.3) is 11.1 Å². The van der Waals surface area contributed by atoms with Crippen LogP contribution in [0.5, 0.6) is 0 Å². The third kappa shape index (κ3) is 6.87. The highest BCUT2D eigenvalue weighted by atomic mass is 16.5. The Bertz CT molecular complexity index is 1070. The number of carbonyl (C=O) groups is 2. The van der Waals surface area contributed by atoms with Crippen LogP contribution in [0.4, 0.5) is 4.79 Å². The fourth-order valence-corrected chi connectivity index (χ4v) is 3.36. The standard InChI is InChI=1S/C26H30N4O4/c1-3-19-6-8-21(9-7-19)22-10-12-23(13-11-22)25(32)29-24(18(2)31)17-30(34)26(33)28-16-20-5-4-14-27-15-20/h4-15,18,24,31,34H,3,16-17H2,1-2H3,(H,28,33)(H,29,32)/t18-,24-/m1/s1. The lowest BCUT2D eigenvalue weighted by molar-refractivity contribution is -0.0580. The van der Waals surface area contributed by atoms with Gasteiger partial charge in [-0.2, -0.15) is 0 Å². The molecule has 4 N–H and O–H groups in total. The molecule has 34 heavy (non-hydrogen) atoms. The van der Waals surface area contributed by atoms with Crippen molar-refractivity contribution in [3.05, 3.63) is 89.7 Å². The van der Waals surface area contributed by atoms with Crippen LogP contribution >= 0.6 is 0 Å². The topological polar surface area (TPSA) is 115 Å². The highest BCUT2D eigenvalue weighted by Gasteiger charge is 2.23. The fourth-order valence-electron chi connectivity index (χ4n) is 3.36. The van der Waals surface area contributed by atoms with Crippen molar-refractivity contribution >= 4 is 11.9 Å². The maximum Gasteiger partial charge on any atom is 0.341 e. The van der Waals surface area contributed by atoms with Gasteiger partial charge in [-0.05, 0) is 53.8 Å². The summed E-state index contributed by atoms with van der Waals surface area (Å²) in [7, 11) is 0. The van der Waals surface area contributed by atoms with Crippen LogP contribution in [0.15, 0.2) is 73.1 Å². The van der Waals surface area contributed by atoms with Crippen LogP contribution in [0, 0.1) is 0 Å². The summed E-state index contributed by atoms with van der Waals surface area (Å²) in [6.45, 7) is 3.48. The first-order valence-corrected chi connectivity index (χ1v) is 11.2. The predicted octanol–water partition coefficient (Wildman–Crippen LogP) is 3.39. The molecule has 3 rings (SSSR count). The van der Waals surface area contributed by atoms with Gasteiger partial charge in [-0.25, -0.2) is 9.86 Å². The molecule has 1 aromatic heterocycles. The van der Waals surface area contributed by atoms with Gasteiger partial charge in [0.15, 0.2) is 0 Å². The first kappa shape index (κ1) is 24.9. The molecule has 0 aliphatic heterocycles. The first-order chi connectivity index (χ1) is 16.4. The van der Waals surface area contributed by atoms with Crippen LogP contribution in [-0.4, -0.2) is 51.0 Å². The molecule has 1 heterocycles. The quantitative estimate of drug-likeness (QED) is 0.287. The minimum Gasteiger partial charge on any atom is -0.391 e. The van der Waals surface area contributed by atoms with Crippen molar-refractivity contribution in [2.24, 2.45) is 0 Å². The van der Waals surface area contributed by atoms with Gasteiger partial charge in [0.25, 0.3) is 5.91 Å². The molecule has 0 aliphatic carbocycles. The zero-order valence-corrected chi connectivity index (χ0v) is 19.3. The third-order valence-corrected chi connectivity index (χ3v) is 5.51. The van der Waals surface area contributed by atoms with Crippen molar-refractivity contribution in [2.45, 2.75) is 39.0 Å². The lowest BCUT2D eigenvalue weighted by Crippen LogP contribution is -2.51. The van der Waals surface area contributed by atoms with Gasteiger partial charge in [0.1, 0.15) is 0 Å². The number of aromatic nitrogens is 1. The second-order valence-corrected chi connectivity index (χ2v) is 8.05. The number of amides is 3. The Hall–Kier alpha value is -3.75. The maximum atomic E-state index is 12.7. The van der Waals surface area contributed by atoms with Crippen LogP contribution in [0.3, 0.4) is 0 Å². The predicted molar refractivity (Wildman–Crippen MR) is 129 cm³/mol. The number of pyridine rings is 1. The average Bonchev–Trinajstić information content (AvgIpc) is 2.87. The maximum absolute atomic E-state index is 12.7. The monoisotopic (exact) mass is 462 g/mol. The third-order valence-electron chi connectivity index (χ3n) is 5.51. The summed E-state index contributed by atoms with van der Waals surface area (Å²) in [6, 6.07) is 17.3. The molecule has 0 bridgehead atoms. The summed E-state index contributed by atoms with van der Waals surface area (Å²) in [5, 5.41) is 25.9. The second-order valence-electron chi connectivity index (χ2n) is 8.05. The first-order valence-electron chi connectivity index (χ1n) is 11.2. The fraction of sp³-hybridized carbons (Fsp3) is 0.269. The number of nitrogens with zero attached hydrogens (tertiary/aromatic N) is 2. The van der Waals surface area contributed by atoms with Crippen molar-refractivity contribution < 1.29 is 19.9 Å². The molecule has 8 heteroatoms. The van der Waals surface area contributed by atoms with Gasteiger partial charge < -0.3 is 15.7 Å². The van der Waals surface area contributed by atoms with Crippen molar-refractivity contribution in [3.8, 4) is 11.1 Å². The molecular formula is C26H30N4O4. The minimum atomic E-state index is -0.999. The zero-order chi connectivity index (χ0) is 24.5. The summed E-state index contributed by atoms with van der Waals surface area (Å²) < 4.78 is 0. The Balaban J connectivity index is 1.57. The molecule has 2 aromatic carbocycles. The molecule has 3 amide bonds. The Morgan fingerprint density at radius 1 is 1.00 bits per heavy atom. The van der Waals surface area contributed by atoms with E-state index in [-0.39, 0.29) is 13.1 Å². The van der Waals surface area contributed by atoms with E-state index in [1.54, 1.807) is 36.7 Å². The van der Waals surface area contributed by atoms with E-state index < -0.39 is 24.1 Å². The number of hydrogen-bond acceptors (Lipinski definition) is 5. The molecular weight excluding hydrogens is 432 g/mol. The second kappa shape index (κ2) is 11.9. The number of nitrogens with one attached hydrogen (secondary N) is 2. The summed E-state index contributed by atoms with van der Waals surface area (Å²) in [5.41, 5.74) is 4.48. The zero-order valence-electron chi connectivity index (χ0n) is 19.3. The Kier molecular flexibility index (Phi) is 8.73. The van der Waals surface area contributed by atoms with Crippen LogP contribution in [0.2, 0.25) is 0 Å². The normalized spacial score (nSPS) is 12.5. The largest absolute Gasteiger partial charge is 0.391 e. The molecule has 0 unspecified atom stereocenters. The van der Waals surface area contributed by atoms with Gasteiger partial charge in [0, 0.05) is 24.5 Å². The van der Waals surface area contributed by atoms with Crippen molar-refractivity contribution in [3.63, 3.8) is 0 Å². The number of benzene rings is 2. The lowest BCUT2D eigenvalue weighted by Gasteiger charge is -2.26. The minimum absolute atomic E-state index is 0.183. The van der Waals surface area contributed by atoms with E-state index in [9.17, 15) is 19.9 Å². The van der Waals surface area contributed by atoms with Gasteiger partial charge in [0.05, 0.1) is 18.7 Å². The molecule has 3 aromatic rings. The van der Waals surface area contributed by atoms with E-state index in [1.807, 2.05) is 24.3 Å². The van der Waals surface area contributed by atoms with E-state index in [1.165, 1.54) is 12.5 Å². The van der Waals surface area contributed by atoms with Gasteiger partial charge in [0.2, 0.25) is 0 Å². The summed E-state index contributed by atoms with van der Waals surface area (Å²) in [4.78, 5) is 28.9. The number of rotatable bonds is 9. The molecule has 0 saturated heterocycles. The molecule has 0 spiro atoms. The average molecular weight is 463 g/mol. The summed E-state index contributed by atoms with van der Waals surface area (Å²) in [6.07, 6.45) is 3.20. The van der Waals surface area contributed by atoms with E-state index in [2.05, 4.69) is 34.7 Å². The number of aliphatic hydroxyl groups is 1. The molecule has 8 nitrogen and oxygen atoms in total. The molecule has 0 fully saturated rings. The lowest BCUT2D eigenvalue weighted by atomic mass is 10.0. The summed E-state index contributed by atoms with van der Waals surface area (Å²) in [5.74, 6) is -0.414. The van der Waals surface area contributed by atoms with E-state index >= 15 is 0 Å². The van der Waals surface area contributed by atoms with Gasteiger partial charge >= 0.3 is 6.03 Å². The SMILES string of the molecule is CCc1ccc(-c2ccc(C(=O)N[C@H](CN(O)C(=O)NCc3cccnc3)[C@@H](C)O)cc2)cc1. The molecule has 178 valence electrons. The van der Waals surface area contributed by atoms with Crippen LogP contribution < -0.4 is 10.6 Å². The Labute approximate surface area is 199 Å². The number of aryl methyl sites for hydroxylation is 1.